The Morgan fingerprint density at radius 3 is 2.21 bits per heavy atom. The first-order chi connectivity index (χ1) is 13.7. The quantitative estimate of drug-likeness (QED) is 0.519. The summed E-state index contributed by atoms with van der Waals surface area (Å²) in [5.74, 6) is 1.50. The van der Waals surface area contributed by atoms with Crippen LogP contribution in [0.2, 0.25) is 5.02 Å². The molecule has 2 N–H and O–H groups in total. The molecule has 0 saturated carbocycles. The molecule has 2 amide bonds. The zero-order valence-corrected chi connectivity index (χ0v) is 16.0. The van der Waals surface area contributed by atoms with E-state index in [9.17, 15) is 4.79 Å². The number of halogens is 1. The number of hydrogen-bond donors (Lipinski definition) is 2. The highest BCUT2D eigenvalue weighted by Crippen LogP contribution is 2.18. The largest absolute Gasteiger partial charge is 0.492 e. The van der Waals surface area contributed by atoms with Gasteiger partial charge in [0.2, 0.25) is 0 Å². The lowest BCUT2D eigenvalue weighted by Gasteiger charge is -2.10. The minimum Gasteiger partial charge on any atom is -0.492 e. The Labute approximate surface area is 169 Å². The SMILES string of the molecule is O=C(NCCOc1ccccc1)Nc1ccc(OCc2ccc(Cl)cc2)cc1. The molecule has 28 heavy (non-hydrogen) atoms. The summed E-state index contributed by atoms with van der Waals surface area (Å²) >= 11 is 5.87. The highest BCUT2D eigenvalue weighted by Gasteiger charge is 2.02. The Morgan fingerprint density at radius 1 is 0.821 bits per heavy atom. The van der Waals surface area contributed by atoms with Crippen LogP contribution in [0.3, 0.4) is 0 Å². The van der Waals surface area contributed by atoms with Crippen LogP contribution in [0.1, 0.15) is 5.56 Å². The van der Waals surface area contributed by atoms with Gasteiger partial charge in [0, 0.05) is 10.7 Å². The van der Waals surface area contributed by atoms with Gasteiger partial charge in [-0.2, -0.15) is 0 Å². The number of para-hydroxylation sites is 1. The number of nitrogens with one attached hydrogen (secondary N) is 2. The number of amides is 2. The fourth-order valence-electron chi connectivity index (χ4n) is 2.41. The minimum absolute atomic E-state index is 0.286. The van der Waals surface area contributed by atoms with Crippen molar-refractivity contribution in [2.24, 2.45) is 0 Å². The zero-order chi connectivity index (χ0) is 19.6. The summed E-state index contributed by atoms with van der Waals surface area (Å²) in [6, 6.07) is 23.9. The molecular weight excluding hydrogens is 376 g/mol. The first-order valence-electron chi connectivity index (χ1n) is 8.89. The smallest absolute Gasteiger partial charge is 0.319 e. The molecular formula is C22H21ClN2O3. The minimum atomic E-state index is -0.286. The molecule has 0 radical (unpaired) electrons. The van der Waals surface area contributed by atoms with E-state index in [0.717, 1.165) is 17.1 Å². The normalized spacial score (nSPS) is 10.2. The zero-order valence-electron chi connectivity index (χ0n) is 15.2. The topological polar surface area (TPSA) is 59.6 Å². The van der Waals surface area contributed by atoms with Crippen molar-refractivity contribution in [3.8, 4) is 11.5 Å². The predicted octanol–water partition coefficient (Wildman–Crippen LogP) is 5.12. The Kier molecular flexibility index (Phi) is 7.15. The van der Waals surface area contributed by atoms with Crippen molar-refractivity contribution in [3.05, 3.63) is 89.4 Å². The predicted molar refractivity (Wildman–Crippen MR) is 111 cm³/mol. The maximum atomic E-state index is 11.9. The van der Waals surface area contributed by atoms with Crippen LogP contribution in [0.5, 0.6) is 11.5 Å². The van der Waals surface area contributed by atoms with E-state index < -0.39 is 0 Å². The van der Waals surface area contributed by atoms with E-state index in [2.05, 4.69) is 10.6 Å². The maximum Gasteiger partial charge on any atom is 0.319 e. The molecule has 0 heterocycles. The molecule has 0 fully saturated rings. The van der Waals surface area contributed by atoms with Crippen molar-refractivity contribution in [2.75, 3.05) is 18.5 Å². The molecule has 5 nitrogen and oxygen atoms in total. The lowest BCUT2D eigenvalue weighted by atomic mass is 10.2. The fraction of sp³-hybridized carbons (Fsp3) is 0.136. The van der Waals surface area contributed by atoms with E-state index in [-0.39, 0.29) is 6.03 Å². The highest BCUT2D eigenvalue weighted by atomic mass is 35.5. The molecule has 6 heteroatoms. The lowest BCUT2D eigenvalue weighted by Crippen LogP contribution is -2.32. The van der Waals surface area contributed by atoms with Gasteiger partial charge in [0.25, 0.3) is 0 Å². The molecule has 3 aromatic rings. The summed E-state index contributed by atoms with van der Waals surface area (Å²) in [5, 5.41) is 6.22. The third-order valence-electron chi connectivity index (χ3n) is 3.83. The standard InChI is InChI=1S/C22H21ClN2O3/c23-18-8-6-17(7-9-18)16-28-21-12-10-19(11-13-21)25-22(26)24-14-15-27-20-4-2-1-3-5-20/h1-13H,14-16H2,(H2,24,25,26). The van der Waals surface area contributed by atoms with Crippen molar-refractivity contribution >= 4 is 23.3 Å². The lowest BCUT2D eigenvalue weighted by molar-refractivity contribution is 0.247. The van der Waals surface area contributed by atoms with Gasteiger partial charge in [-0.05, 0) is 54.1 Å². The molecule has 0 aliphatic rings. The molecule has 0 aromatic heterocycles. The van der Waals surface area contributed by atoms with Gasteiger partial charge in [-0.1, -0.05) is 41.9 Å². The monoisotopic (exact) mass is 396 g/mol. The second kappa shape index (κ2) is 10.2. The van der Waals surface area contributed by atoms with Gasteiger partial charge in [-0.25, -0.2) is 4.79 Å². The molecule has 0 unspecified atom stereocenters. The van der Waals surface area contributed by atoms with Crippen LogP contribution in [-0.4, -0.2) is 19.2 Å². The number of carbonyl (C=O) groups excluding carboxylic acids is 1. The van der Waals surface area contributed by atoms with Gasteiger partial charge in [0.05, 0.1) is 6.54 Å². The molecule has 0 aliphatic carbocycles. The van der Waals surface area contributed by atoms with Gasteiger partial charge in [0.1, 0.15) is 24.7 Å². The Bertz CT molecular complexity index is 869. The molecule has 0 saturated heterocycles. The number of carbonyl (C=O) groups is 1. The molecule has 0 atom stereocenters. The third kappa shape index (κ3) is 6.52. The van der Waals surface area contributed by atoms with E-state index in [1.165, 1.54) is 0 Å². The molecule has 3 rings (SSSR count). The van der Waals surface area contributed by atoms with Gasteiger partial charge in [-0.15, -0.1) is 0 Å². The molecule has 0 aliphatic heterocycles. The fourth-order valence-corrected chi connectivity index (χ4v) is 2.53. The molecule has 144 valence electrons. The second-order valence-electron chi connectivity index (χ2n) is 5.98. The van der Waals surface area contributed by atoms with E-state index in [0.29, 0.717) is 30.5 Å². The average molecular weight is 397 g/mol. The number of urea groups is 1. The first kappa shape index (κ1) is 19.6. The van der Waals surface area contributed by atoms with Crippen LogP contribution in [0.4, 0.5) is 10.5 Å². The van der Waals surface area contributed by atoms with Crippen LogP contribution in [-0.2, 0) is 6.61 Å². The summed E-state index contributed by atoms with van der Waals surface area (Å²) in [5.41, 5.74) is 1.71. The van der Waals surface area contributed by atoms with Gasteiger partial charge >= 0.3 is 6.03 Å². The van der Waals surface area contributed by atoms with E-state index in [4.69, 9.17) is 21.1 Å². The van der Waals surface area contributed by atoms with Gasteiger partial charge in [0.15, 0.2) is 0 Å². The molecule has 0 bridgehead atoms. The Morgan fingerprint density at radius 2 is 1.50 bits per heavy atom. The summed E-state index contributed by atoms with van der Waals surface area (Å²) in [6.45, 7) is 1.25. The summed E-state index contributed by atoms with van der Waals surface area (Å²) in [6.07, 6.45) is 0. The highest BCUT2D eigenvalue weighted by molar-refractivity contribution is 6.30. The van der Waals surface area contributed by atoms with Crippen molar-refractivity contribution < 1.29 is 14.3 Å². The van der Waals surface area contributed by atoms with Gasteiger partial charge < -0.3 is 20.1 Å². The van der Waals surface area contributed by atoms with E-state index >= 15 is 0 Å². The number of ether oxygens (including phenoxy) is 2. The maximum absolute atomic E-state index is 11.9. The van der Waals surface area contributed by atoms with Crippen LogP contribution in [0.15, 0.2) is 78.9 Å². The number of rotatable bonds is 8. The van der Waals surface area contributed by atoms with Crippen LogP contribution in [0.25, 0.3) is 0 Å². The number of anilines is 1. The van der Waals surface area contributed by atoms with Crippen LogP contribution >= 0.6 is 11.6 Å². The van der Waals surface area contributed by atoms with Crippen molar-refractivity contribution in [1.29, 1.82) is 0 Å². The van der Waals surface area contributed by atoms with Crippen molar-refractivity contribution in [3.63, 3.8) is 0 Å². The molecule has 0 spiro atoms. The van der Waals surface area contributed by atoms with E-state index in [1.54, 1.807) is 12.1 Å². The van der Waals surface area contributed by atoms with Crippen molar-refractivity contribution in [1.82, 2.24) is 5.32 Å². The first-order valence-corrected chi connectivity index (χ1v) is 9.27. The average Bonchev–Trinajstić information content (AvgIpc) is 2.73. The summed E-state index contributed by atoms with van der Waals surface area (Å²) in [7, 11) is 0. The number of benzene rings is 3. The summed E-state index contributed by atoms with van der Waals surface area (Å²) < 4.78 is 11.3. The number of hydrogen-bond acceptors (Lipinski definition) is 3. The second-order valence-corrected chi connectivity index (χ2v) is 6.42. The molecule has 3 aromatic carbocycles. The van der Waals surface area contributed by atoms with Crippen molar-refractivity contribution in [2.45, 2.75) is 6.61 Å². The van der Waals surface area contributed by atoms with Crippen LogP contribution in [0, 0.1) is 0 Å². The summed E-state index contributed by atoms with van der Waals surface area (Å²) in [4.78, 5) is 11.9. The third-order valence-corrected chi connectivity index (χ3v) is 4.08. The van der Waals surface area contributed by atoms with Gasteiger partial charge in [-0.3, -0.25) is 0 Å². The Balaban J connectivity index is 1.37. The Hall–Kier alpha value is -3.18. The van der Waals surface area contributed by atoms with Crippen LogP contribution < -0.4 is 20.1 Å². The van der Waals surface area contributed by atoms with E-state index in [1.807, 2.05) is 66.7 Å².